The summed E-state index contributed by atoms with van der Waals surface area (Å²) in [6.07, 6.45) is 3.96. The van der Waals surface area contributed by atoms with Gasteiger partial charge < -0.3 is 8.85 Å². The summed E-state index contributed by atoms with van der Waals surface area (Å²) in [4.78, 5) is 23.2. The summed E-state index contributed by atoms with van der Waals surface area (Å²) in [6.45, 7) is 14.6. The maximum absolute atomic E-state index is 11.6. The highest BCUT2D eigenvalue weighted by molar-refractivity contribution is 6.73. The molecular formula is C14H24O4Si. The van der Waals surface area contributed by atoms with Crippen molar-refractivity contribution < 1.29 is 18.4 Å². The highest BCUT2D eigenvalue weighted by Crippen LogP contribution is 2.41. The molecule has 0 atom stereocenters. The van der Waals surface area contributed by atoms with Crippen LogP contribution in [0.4, 0.5) is 0 Å². The van der Waals surface area contributed by atoms with Gasteiger partial charge in [-0.15, -0.1) is 0 Å². The fourth-order valence-electron chi connectivity index (χ4n) is 1.62. The maximum atomic E-state index is 11.6. The molecule has 0 rings (SSSR count). The van der Waals surface area contributed by atoms with Crippen LogP contribution in [-0.2, 0) is 18.4 Å². The molecule has 0 aliphatic heterocycles. The van der Waals surface area contributed by atoms with Crippen molar-refractivity contribution in [1.82, 2.24) is 0 Å². The highest BCUT2D eigenvalue weighted by atomic mass is 28.4. The number of carbonyl (C=O) groups is 2. The number of hydrogen-bond acceptors (Lipinski definition) is 4. The van der Waals surface area contributed by atoms with Crippen LogP contribution < -0.4 is 0 Å². The van der Waals surface area contributed by atoms with E-state index in [1.807, 2.05) is 27.7 Å². The maximum Gasteiger partial charge on any atom is 0.470 e. The minimum atomic E-state index is -3.03. The van der Waals surface area contributed by atoms with Crippen molar-refractivity contribution in [3.63, 3.8) is 0 Å². The fourth-order valence-corrected chi connectivity index (χ4v) is 4.87. The van der Waals surface area contributed by atoms with Crippen LogP contribution >= 0.6 is 0 Å². The van der Waals surface area contributed by atoms with Gasteiger partial charge >= 0.3 is 20.5 Å². The largest absolute Gasteiger partial charge is 0.481 e. The zero-order valence-electron chi connectivity index (χ0n) is 12.3. The quantitative estimate of drug-likeness (QED) is 0.530. The highest BCUT2D eigenvalue weighted by Gasteiger charge is 2.54. The van der Waals surface area contributed by atoms with E-state index in [2.05, 4.69) is 13.2 Å². The average molecular weight is 284 g/mol. The molecule has 0 bridgehead atoms. The molecule has 0 saturated heterocycles. The Morgan fingerprint density at radius 2 is 1.53 bits per heavy atom. The lowest BCUT2D eigenvalue weighted by Crippen LogP contribution is -2.52. The number of carbonyl (C=O) groups excluding carboxylic acids is 2. The van der Waals surface area contributed by atoms with Crippen molar-refractivity contribution in [3.8, 4) is 0 Å². The van der Waals surface area contributed by atoms with Gasteiger partial charge in [-0.1, -0.05) is 47.3 Å². The van der Waals surface area contributed by atoms with Gasteiger partial charge in [-0.2, -0.15) is 0 Å². The number of hydrogen-bond donors (Lipinski definition) is 0. The zero-order valence-corrected chi connectivity index (χ0v) is 13.3. The molecule has 4 nitrogen and oxygen atoms in total. The summed E-state index contributed by atoms with van der Waals surface area (Å²) in [5, 5.41) is -0.417. The molecular weight excluding hydrogens is 260 g/mol. The first-order valence-corrected chi connectivity index (χ1v) is 8.45. The molecule has 0 saturated carbocycles. The summed E-state index contributed by atoms with van der Waals surface area (Å²) in [5.74, 6) is -1.09. The standard InChI is InChI=1S/C14H24O4Si/c1-7-10-11-19(14(4,5)6,17-12(15)8-2)18-13(16)9-3/h8-9H,2-3,7,10-11H2,1,4-6H3. The minimum Gasteiger partial charge on any atom is -0.481 e. The van der Waals surface area contributed by atoms with Gasteiger partial charge in [0, 0.05) is 23.2 Å². The molecule has 19 heavy (non-hydrogen) atoms. The Hall–Kier alpha value is -1.36. The van der Waals surface area contributed by atoms with E-state index >= 15 is 0 Å². The van der Waals surface area contributed by atoms with E-state index in [0.29, 0.717) is 6.04 Å². The number of unbranched alkanes of at least 4 members (excludes halogenated alkanes) is 1. The summed E-state index contributed by atoms with van der Waals surface area (Å²) in [7, 11) is -3.03. The lowest BCUT2D eigenvalue weighted by Gasteiger charge is -2.38. The van der Waals surface area contributed by atoms with Gasteiger partial charge in [-0.3, -0.25) is 0 Å². The van der Waals surface area contributed by atoms with E-state index in [9.17, 15) is 9.59 Å². The van der Waals surface area contributed by atoms with Gasteiger partial charge in [-0.25, -0.2) is 9.59 Å². The second-order valence-electron chi connectivity index (χ2n) is 5.36. The third-order valence-electron chi connectivity index (χ3n) is 2.87. The molecule has 0 heterocycles. The van der Waals surface area contributed by atoms with Gasteiger partial charge in [0.05, 0.1) is 0 Å². The molecule has 0 N–H and O–H groups in total. The second-order valence-corrected chi connectivity index (χ2v) is 9.27. The zero-order chi connectivity index (χ0) is 15.1. The smallest absolute Gasteiger partial charge is 0.470 e. The van der Waals surface area contributed by atoms with Crippen LogP contribution in [0.1, 0.15) is 40.5 Å². The lowest BCUT2D eigenvalue weighted by molar-refractivity contribution is -0.136. The van der Waals surface area contributed by atoms with E-state index in [0.717, 1.165) is 25.0 Å². The van der Waals surface area contributed by atoms with Crippen LogP contribution in [0.3, 0.4) is 0 Å². The first-order chi connectivity index (χ1) is 8.72. The molecule has 108 valence electrons. The fraction of sp³-hybridized carbons (Fsp3) is 0.571. The van der Waals surface area contributed by atoms with E-state index in [1.165, 1.54) is 0 Å². The van der Waals surface area contributed by atoms with Gasteiger partial charge in [0.1, 0.15) is 0 Å². The SMILES string of the molecule is C=CC(=O)O[Si](CCCC)(OC(=O)C=C)C(C)(C)C. The van der Waals surface area contributed by atoms with Crippen molar-refractivity contribution in [3.05, 3.63) is 25.3 Å². The Balaban J connectivity index is 5.42. The molecule has 0 spiro atoms. The van der Waals surface area contributed by atoms with Crippen LogP contribution in [0.25, 0.3) is 0 Å². The molecule has 0 aliphatic rings. The van der Waals surface area contributed by atoms with Gasteiger partial charge in [0.25, 0.3) is 0 Å². The molecule has 0 aromatic heterocycles. The van der Waals surface area contributed by atoms with Crippen molar-refractivity contribution in [2.45, 2.75) is 51.6 Å². The Morgan fingerprint density at radius 3 is 1.79 bits per heavy atom. The first kappa shape index (κ1) is 17.6. The molecule has 0 aromatic rings. The van der Waals surface area contributed by atoms with Gasteiger partial charge in [-0.05, 0) is 6.42 Å². The molecule has 0 amide bonds. The first-order valence-electron chi connectivity index (χ1n) is 6.43. The average Bonchev–Trinajstić information content (AvgIpc) is 2.33. The third-order valence-corrected chi connectivity index (χ3v) is 7.23. The van der Waals surface area contributed by atoms with E-state index < -0.39 is 25.5 Å². The predicted octanol–water partition coefficient (Wildman–Crippen LogP) is 3.49. The van der Waals surface area contributed by atoms with E-state index in [1.54, 1.807) is 0 Å². The molecule has 0 fully saturated rings. The van der Waals surface area contributed by atoms with Crippen molar-refractivity contribution in [1.29, 1.82) is 0 Å². The summed E-state index contributed by atoms with van der Waals surface area (Å²) in [5.41, 5.74) is 0. The van der Waals surface area contributed by atoms with Gasteiger partial charge in [0.15, 0.2) is 0 Å². The minimum absolute atomic E-state index is 0.417. The Bertz CT molecular complexity index is 333. The monoisotopic (exact) mass is 284 g/mol. The summed E-state index contributed by atoms with van der Waals surface area (Å²) >= 11 is 0. The molecule has 5 heteroatoms. The van der Waals surface area contributed by atoms with Crippen molar-refractivity contribution in [2.24, 2.45) is 0 Å². The third kappa shape index (κ3) is 5.02. The number of rotatable bonds is 7. The van der Waals surface area contributed by atoms with Crippen LogP contribution in [0.2, 0.25) is 11.1 Å². The van der Waals surface area contributed by atoms with Crippen LogP contribution in [-0.4, -0.2) is 20.5 Å². The molecule has 0 aromatic carbocycles. The Morgan fingerprint density at radius 1 is 1.11 bits per heavy atom. The molecule has 0 radical (unpaired) electrons. The van der Waals surface area contributed by atoms with E-state index in [4.69, 9.17) is 8.85 Å². The predicted molar refractivity (Wildman–Crippen MR) is 77.8 cm³/mol. The van der Waals surface area contributed by atoms with Crippen LogP contribution in [0, 0.1) is 0 Å². The lowest BCUT2D eigenvalue weighted by atomic mass is 10.2. The molecule has 0 aliphatic carbocycles. The summed E-state index contributed by atoms with van der Waals surface area (Å²) in [6, 6.07) is 0.576. The van der Waals surface area contributed by atoms with Gasteiger partial charge in [0.2, 0.25) is 0 Å². The van der Waals surface area contributed by atoms with Crippen LogP contribution in [0.15, 0.2) is 25.3 Å². The summed E-state index contributed by atoms with van der Waals surface area (Å²) < 4.78 is 11.0. The second kappa shape index (κ2) is 7.28. The molecule has 0 unspecified atom stereocenters. The van der Waals surface area contributed by atoms with Crippen molar-refractivity contribution in [2.75, 3.05) is 0 Å². The topological polar surface area (TPSA) is 52.6 Å². The van der Waals surface area contributed by atoms with Crippen molar-refractivity contribution >= 4 is 20.5 Å². The van der Waals surface area contributed by atoms with Crippen LogP contribution in [0.5, 0.6) is 0 Å². The van der Waals surface area contributed by atoms with E-state index in [-0.39, 0.29) is 0 Å². The Labute approximate surface area is 116 Å². The Kier molecular flexibility index (Phi) is 6.76. The normalized spacial score (nSPS) is 11.6.